The molecule has 0 spiro atoms. The van der Waals surface area contributed by atoms with Gasteiger partial charge in [-0.15, -0.1) is 24.0 Å². The Bertz CT molecular complexity index is 150. The van der Waals surface area contributed by atoms with Crippen molar-refractivity contribution in [3.8, 4) is 0 Å². The summed E-state index contributed by atoms with van der Waals surface area (Å²) in [6.45, 7) is 4.98. The van der Waals surface area contributed by atoms with Gasteiger partial charge in [0.15, 0.2) is 0 Å². The molecule has 0 aromatic carbocycles. The lowest BCUT2D eigenvalue weighted by Crippen LogP contribution is -2.13. The van der Waals surface area contributed by atoms with Gasteiger partial charge < -0.3 is 4.90 Å². The molecule has 16 heavy (non-hydrogen) atoms. The molecule has 0 N–H and O–H groups in total. The first-order valence-corrected chi connectivity index (χ1v) is 7.01. The van der Waals surface area contributed by atoms with Crippen molar-refractivity contribution in [2.75, 3.05) is 20.1 Å². The fourth-order valence-corrected chi connectivity index (χ4v) is 2.65. The smallest absolute Gasteiger partial charge is 0.000708 e. The minimum absolute atomic E-state index is 0. The SMILES string of the molecule is CCCCCCCCCC1CCN(C)C1.I. The normalized spacial score (nSPS) is 21.0. The zero-order chi connectivity index (χ0) is 10.9. The topological polar surface area (TPSA) is 3.24 Å². The Morgan fingerprint density at radius 3 is 2.19 bits per heavy atom. The van der Waals surface area contributed by atoms with Gasteiger partial charge in [-0.05, 0) is 32.4 Å². The maximum absolute atomic E-state index is 2.48. The van der Waals surface area contributed by atoms with E-state index < -0.39 is 0 Å². The van der Waals surface area contributed by atoms with E-state index in [-0.39, 0.29) is 24.0 Å². The third kappa shape index (κ3) is 7.88. The summed E-state index contributed by atoms with van der Waals surface area (Å²) in [7, 11) is 2.25. The number of hydrogen-bond acceptors (Lipinski definition) is 1. The quantitative estimate of drug-likeness (QED) is 0.458. The molecule has 1 atom stereocenters. The van der Waals surface area contributed by atoms with Crippen molar-refractivity contribution in [1.82, 2.24) is 4.90 Å². The molecular weight excluding hydrogens is 309 g/mol. The maximum Gasteiger partial charge on any atom is 0.000708 e. The Morgan fingerprint density at radius 1 is 1.00 bits per heavy atom. The van der Waals surface area contributed by atoms with E-state index in [1.165, 1.54) is 70.9 Å². The number of hydrogen-bond donors (Lipinski definition) is 0. The average molecular weight is 339 g/mol. The molecule has 0 bridgehead atoms. The van der Waals surface area contributed by atoms with E-state index in [2.05, 4.69) is 18.9 Å². The second kappa shape index (κ2) is 10.8. The molecule has 2 heteroatoms. The third-order valence-corrected chi connectivity index (χ3v) is 3.70. The van der Waals surface area contributed by atoms with Crippen molar-refractivity contribution in [1.29, 1.82) is 0 Å². The molecule has 98 valence electrons. The van der Waals surface area contributed by atoms with Crippen LogP contribution in [0.5, 0.6) is 0 Å². The summed E-state index contributed by atoms with van der Waals surface area (Å²) in [6.07, 6.45) is 13.1. The third-order valence-electron chi connectivity index (χ3n) is 3.70. The van der Waals surface area contributed by atoms with Crippen molar-refractivity contribution in [2.45, 2.75) is 64.7 Å². The zero-order valence-corrected chi connectivity index (χ0v) is 13.5. The number of rotatable bonds is 8. The van der Waals surface area contributed by atoms with E-state index in [1.807, 2.05) is 0 Å². The van der Waals surface area contributed by atoms with Gasteiger partial charge in [-0.25, -0.2) is 0 Å². The van der Waals surface area contributed by atoms with Gasteiger partial charge in [0.1, 0.15) is 0 Å². The van der Waals surface area contributed by atoms with Crippen LogP contribution in [0.1, 0.15) is 64.7 Å². The van der Waals surface area contributed by atoms with E-state index in [0.717, 1.165) is 5.92 Å². The Morgan fingerprint density at radius 2 is 1.62 bits per heavy atom. The summed E-state index contributed by atoms with van der Waals surface area (Å²) < 4.78 is 0. The lowest BCUT2D eigenvalue weighted by atomic mass is 9.99. The second-order valence-corrected chi connectivity index (χ2v) is 5.33. The van der Waals surface area contributed by atoms with Gasteiger partial charge in [-0.3, -0.25) is 0 Å². The fourth-order valence-electron chi connectivity index (χ4n) is 2.65. The predicted molar refractivity (Wildman–Crippen MR) is 83.6 cm³/mol. The standard InChI is InChI=1S/C14H29N.HI/c1-3-4-5-6-7-8-9-10-14-11-12-15(2)13-14;/h14H,3-13H2,1-2H3;1H. The van der Waals surface area contributed by atoms with E-state index in [4.69, 9.17) is 0 Å². The van der Waals surface area contributed by atoms with Crippen LogP contribution in [0.2, 0.25) is 0 Å². The van der Waals surface area contributed by atoms with Crippen LogP contribution in [0.25, 0.3) is 0 Å². The molecule has 1 nitrogen and oxygen atoms in total. The van der Waals surface area contributed by atoms with E-state index in [1.54, 1.807) is 0 Å². The minimum atomic E-state index is 0. The molecule has 0 amide bonds. The average Bonchev–Trinajstić information content (AvgIpc) is 2.63. The highest BCUT2D eigenvalue weighted by atomic mass is 127. The molecule has 1 unspecified atom stereocenters. The van der Waals surface area contributed by atoms with Crippen LogP contribution in [0.4, 0.5) is 0 Å². The van der Waals surface area contributed by atoms with Gasteiger partial charge in [0.2, 0.25) is 0 Å². The van der Waals surface area contributed by atoms with Crippen molar-refractivity contribution in [2.24, 2.45) is 5.92 Å². The van der Waals surface area contributed by atoms with Gasteiger partial charge in [0.05, 0.1) is 0 Å². The monoisotopic (exact) mass is 339 g/mol. The predicted octanol–water partition coefficient (Wildman–Crippen LogP) is 4.70. The molecule has 0 aromatic rings. The van der Waals surface area contributed by atoms with E-state index in [9.17, 15) is 0 Å². The molecule has 1 aliphatic heterocycles. The molecule has 1 rings (SSSR count). The molecule has 0 aliphatic carbocycles. The Kier molecular flexibility index (Phi) is 11.3. The second-order valence-electron chi connectivity index (χ2n) is 5.33. The van der Waals surface area contributed by atoms with Crippen LogP contribution >= 0.6 is 24.0 Å². The van der Waals surface area contributed by atoms with Crippen LogP contribution in [-0.2, 0) is 0 Å². The highest BCUT2D eigenvalue weighted by Crippen LogP contribution is 2.21. The van der Waals surface area contributed by atoms with Crippen LogP contribution in [0.15, 0.2) is 0 Å². The maximum atomic E-state index is 2.48. The fraction of sp³-hybridized carbons (Fsp3) is 1.00. The first-order valence-electron chi connectivity index (χ1n) is 7.01. The van der Waals surface area contributed by atoms with Crippen LogP contribution in [0.3, 0.4) is 0 Å². The van der Waals surface area contributed by atoms with Gasteiger partial charge >= 0.3 is 0 Å². The lowest BCUT2D eigenvalue weighted by Gasteiger charge is -2.09. The number of halogens is 1. The summed E-state index contributed by atoms with van der Waals surface area (Å²) in [5, 5.41) is 0. The number of likely N-dealkylation sites (tertiary alicyclic amines) is 1. The highest BCUT2D eigenvalue weighted by molar-refractivity contribution is 14.0. The Balaban J connectivity index is 0.00000225. The van der Waals surface area contributed by atoms with Crippen molar-refractivity contribution >= 4 is 24.0 Å². The molecule has 1 fully saturated rings. The first kappa shape index (κ1) is 16.7. The van der Waals surface area contributed by atoms with Gasteiger partial charge in [-0.2, -0.15) is 0 Å². The highest BCUT2D eigenvalue weighted by Gasteiger charge is 2.18. The molecular formula is C14H30IN. The summed E-state index contributed by atoms with van der Waals surface area (Å²) in [5.74, 6) is 1.02. The molecule has 0 saturated carbocycles. The summed E-state index contributed by atoms with van der Waals surface area (Å²) in [5.41, 5.74) is 0. The lowest BCUT2D eigenvalue weighted by molar-refractivity contribution is 0.382. The largest absolute Gasteiger partial charge is 0.306 e. The molecule has 1 aliphatic rings. The molecule has 1 saturated heterocycles. The zero-order valence-electron chi connectivity index (χ0n) is 11.2. The number of nitrogens with zero attached hydrogens (tertiary/aromatic N) is 1. The van der Waals surface area contributed by atoms with Crippen molar-refractivity contribution in [3.63, 3.8) is 0 Å². The molecule has 0 aromatic heterocycles. The van der Waals surface area contributed by atoms with Crippen molar-refractivity contribution < 1.29 is 0 Å². The Labute approximate surface area is 119 Å². The minimum Gasteiger partial charge on any atom is -0.306 e. The summed E-state index contributed by atoms with van der Waals surface area (Å²) >= 11 is 0. The summed E-state index contributed by atoms with van der Waals surface area (Å²) in [4.78, 5) is 2.48. The van der Waals surface area contributed by atoms with Gasteiger partial charge in [0.25, 0.3) is 0 Å². The van der Waals surface area contributed by atoms with Gasteiger partial charge in [0, 0.05) is 6.54 Å². The van der Waals surface area contributed by atoms with E-state index in [0.29, 0.717) is 0 Å². The van der Waals surface area contributed by atoms with E-state index >= 15 is 0 Å². The van der Waals surface area contributed by atoms with Gasteiger partial charge in [-0.1, -0.05) is 51.9 Å². The number of unbranched alkanes of at least 4 members (excludes halogenated alkanes) is 6. The summed E-state index contributed by atoms with van der Waals surface area (Å²) in [6, 6.07) is 0. The first-order chi connectivity index (χ1) is 7.33. The van der Waals surface area contributed by atoms with Crippen LogP contribution in [-0.4, -0.2) is 25.0 Å². The van der Waals surface area contributed by atoms with Crippen molar-refractivity contribution in [3.05, 3.63) is 0 Å². The van der Waals surface area contributed by atoms with Crippen LogP contribution in [0, 0.1) is 5.92 Å². The Hall–Kier alpha value is 0.690. The molecule has 1 heterocycles. The van der Waals surface area contributed by atoms with Crippen LogP contribution < -0.4 is 0 Å². The molecule has 0 radical (unpaired) electrons.